The molecule has 1 saturated heterocycles. The number of ether oxygens (including phenoxy) is 2. The molecule has 160 valence electrons. The minimum Gasteiger partial charge on any atom is -0.497 e. The van der Waals surface area contributed by atoms with Gasteiger partial charge in [-0.3, -0.25) is 9.69 Å². The lowest BCUT2D eigenvalue weighted by Crippen LogP contribution is -2.41. The van der Waals surface area contributed by atoms with E-state index < -0.39 is 9.84 Å². The van der Waals surface area contributed by atoms with Gasteiger partial charge in [-0.15, -0.1) is 17.8 Å². The number of carbonyl (C=O) groups is 1. The van der Waals surface area contributed by atoms with Gasteiger partial charge in [0.2, 0.25) is 5.91 Å². The predicted molar refractivity (Wildman–Crippen MR) is 117 cm³/mol. The first-order valence-corrected chi connectivity index (χ1v) is 11.9. The number of carbonyl (C=O) groups excluding carboxylic acids is 1. The van der Waals surface area contributed by atoms with E-state index in [2.05, 4.69) is 16.2 Å². The van der Waals surface area contributed by atoms with E-state index in [0.717, 1.165) is 5.56 Å². The number of terminal acetylenes is 1. The van der Waals surface area contributed by atoms with Crippen LogP contribution in [0.1, 0.15) is 6.42 Å². The largest absolute Gasteiger partial charge is 0.497 e. The zero-order valence-corrected chi connectivity index (χ0v) is 18.4. The van der Waals surface area contributed by atoms with Gasteiger partial charge in [-0.25, -0.2) is 13.4 Å². The predicted octanol–water partition coefficient (Wildman–Crippen LogP) is 1.89. The Morgan fingerprint density at radius 1 is 1.40 bits per heavy atom. The molecule has 0 spiro atoms. The maximum absolute atomic E-state index is 12.5. The lowest BCUT2D eigenvalue weighted by atomic mass is 10.1. The van der Waals surface area contributed by atoms with Crippen molar-refractivity contribution >= 4 is 32.2 Å². The lowest BCUT2D eigenvalue weighted by molar-refractivity contribution is -0.117. The van der Waals surface area contributed by atoms with Gasteiger partial charge in [0.15, 0.2) is 15.0 Å². The second-order valence-electron chi connectivity index (χ2n) is 6.82. The molecule has 1 aliphatic heterocycles. The van der Waals surface area contributed by atoms with Crippen molar-refractivity contribution in [3.05, 3.63) is 23.6 Å². The van der Waals surface area contributed by atoms with Crippen molar-refractivity contribution in [3.8, 4) is 35.1 Å². The summed E-state index contributed by atoms with van der Waals surface area (Å²) >= 11 is 1.29. The average molecular weight is 450 g/mol. The highest BCUT2D eigenvalue weighted by atomic mass is 32.2. The number of methoxy groups -OCH3 is 2. The van der Waals surface area contributed by atoms with E-state index >= 15 is 0 Å². The fourth-order valence-corrected chi connectivity index (χ4v) is 5.79. The molecule has 0 aliphatic carbocycles. The van der Waals surface area contributed by atoms with Crippen LogP contribution in [-0.4, -0.2) is 69.1 Å². The Balaban J connectivity index is 1.68. The fourth-order valence-electron chi connectivity index (χ4n) is 3.30. The van der Waals surface area contributed by atoms with E-state index in [1.165, 1.54) is 11.3 Å². The molecular formula is C20H23N3O5S2. The number of hydrogen-bond donors (Lipinski definition) is 1. The van der Waals surface area contributed by atoms with Crippen LogP contribution in [0.5, 0.6) is 11.5 Å². The smallest absolute Gasteiger partial charge is 0.240 e. The standard InChI is InChI=1S/C20H23N3O5S2/c1-4-8-23(14-7-9-30(25,26)13-14)11-19(24)22-20-21-17(12-29-20)16-6-5-15(27-2)10-18(16)28-3/h1,5-6,10,12,14H,7-9,11,13H2,2-3H3,(H,21,22,24). The van der Waals surface area contributed by atoms with E-state index in [1.807, 2.05) is 17.5 Å². The third kappa shape index (κ3) is 5.30. The molecule has 0 radical (unpaired) electrons. The Hall–Kier alpha value is -2.61. The summed E-state index contributed by atoms with van der Waals surface area (Å²) in [5, 5.41) is 5.03. The van der Waals surface area contributed by atoms with Gasteiger partial charge in [-0.1, -0.05) is 5.92 Å². The van der Waals surface area contributed by atoms with Crippen LogP contribution in [0, 0.1) is 12.3 Å². The molecule has 2 heterocycles. The van der Waals surface area contributed by atoms with Gasteiger partial charge in [0.1, 0.15) is 11.5 Å². The van der Waals surface area contributed by atoms with Gasteiger partial charge in [0.05, 0.1) is 44.5 Å². The molecule has 1 aromatic carbocycles. The number of nitrogens with zero attached hydrogens (tertiary/aromatic N) is 2. The van der Waals surface area contributed by atoms with Crippen molar-refractivity contribution < 1.29 is 22.7 Å². The molecule has 1 amide bonds. The zero-order chi connectivity index (χ0) is 21.7. The van der Waals surface area contributed by atoms with Crippen LogP contribution in [0.15, 0.2) is 23.6 Å². The molecule has 3 rings (SSSR count). The highest BCUT2D eigenvalue weighted by molar-refractivity contribution is 7.91. The minimum absolute atomic E-state index is 0.00512. The monoisotopic (exact) mass is 449 g/mol. The zero-order valence-electron chi connectivity index (χ0n) is 16.8. The van der Waals surface area contributed by atoms with Gasteiger partial charge in [0, 0.05) is 23.1 Å². The summed E-state index contributed by atoms with van der Waals surface area (Å²) in [6.07, 6.45) is 5.89. The summed E-state index contributed by atoms with van der Waals surface area (Å²) in [6.45, 7) is 0.213. The Morgan fingerprint density at radius 3 is 2.83 bits per heavy atom. The SMILES string of the molecule is C#CCN(CC(=O)Nc1nc(-c2ccc(OC)cc2OC)cs1)C1CCS(=O)(=O)C1. The maximum atomic E-state index is 12.5. The van der Waals surface area contributed by atoms with Crippen LogP contribution >= 0.6 is 11.3 Å². The van der Waals surface area contributed by atoms with Crippen LogP contribution in [0.4, 0.5) is 5.13 Å². The van der Waals surface area contributed by atoms with Crippen LogP contribution < -0.4 is 14.8 Å². The molecule has 0 saturated carbocycles. The molecule has 1 fully saturated rings. The summed E-state index contributed by atoms with van der Waals surface area (Å²) in [4.78, 5) is 18.7. The number of benzene rings is 1. The molecule has 1 unspecified atom stereocenters. The Bertz CT molecular complexity index is 1060. The summed E-state index contributed by atoms with van der Waals surface area (Å²) in [5.74, 6) is 3.64. The van der Waals surface area contributed by atoms with Gasteiger partial charge in [0.25, 0.3) is 0 Å². The maximum Gasteiger partial charge on any atom is 0.240 e. The van der Waals surface area contributed by atoms with Gasteiger partial charge >= 0.3 is 0 Å². The van der Waals surface area contributed by atoms with Crippen molar-refractivity contribution in [1.82, 2.24) is 9.88 Å². The highest BCUT2D eigenvalue weighted by Gasteiger charge is 2.32. The molecule has 1 aromatic heterocycles. The average Bonchev–Trinajstić information content (AvgIpc) is 3.33. The van der Waals surface area contributed by atoms with E-state index in [-0.39, 0.29) is 36.5 Å². The molecular weight excluding hydrogens is 426 g/mol. The molecule has 1 atom stereocenters. The number of anilines is 1. The molecule has 0 bridgehead atoms. The number of sulfone groups is 1. The molecule has 1 N–H and O–H groups in total. The number of thiazole rings is 1. The molecule has 10 heteroatoms. The Labute approximate surface area is 180 Å². The molecule has 2 aromatic rings. The lowest BCUT2D eigenvalue weighted by Gasteiger charge is -2.24. The van der Waals surface area contributed by atoms with Crippen LogP contribution in [0.3, 0.4) is 0 Å². The normalized spacial score (nSPS) is 17.5. The van der Waals surface area contributed by atoms with Crippen molar-refractivity contribution in [2.24, 2.45) is 0 Å². The summed E-state index contributed by atoms with van der Waals surface area (Å²) < 4.78 is 34.1. The topological polar surface area (TPSA) is 97.8 Å². The number of amides is 1. The minimum atomic E-state index is -3.07. The number of nitrogens with one attached hydrogen (secondary N) is 1. The van der Waals surface area contributed by atoms with Crippen LogP contribution in [0.25, 0.3) is 11.3 Å². The van der Waals surface area contributed by atoms with E-state index in [1.54, 1.807) is 25.2 Å². The van der Waals surface area contributed by atoms with Gasteiger partial charge < -0.3 is 14.8 Å². The Kier molecular flexibility index (Phi) is 6.97. The van der Waals surface area contributed by atoms with Crippen molar-refractivity contribution in [2.75, 3.05) is 44.1 Å². The number of rotatable bonds is 8. The van der Waals surface area contributed by atoms with Crippen molar-refractivity contribution in [2.45, 2.75) is 12.5 Å². The third-order valence-corrected chi connectivity index (χ3v) is 7.31. The first-order valence-electron chi connectivity index (χ1n) is 9.21. The highest BCUT2D eigenvalue weighted by Crippen LogP contribution is 2.34. The molecule has 30 heavy (non-hydrogen) atoms. The Morgan fingerprint density at radius 2 is 2.20 bits per heavy atom. The number of hydrogen-bond acceptors (Lipinski definition) is 8. The molecule has 1 aliphatic rings. The van der Waals surface area contributed by atoms with Crippen molar-refractivity contribution in [3.63, 3.8) is 0 Å². The summed E-state index contributed by atoms with van der Waals surface area (Å²) in [7, 11) is 0.0793. The first-order chi connectivity index (χ1) is 14.3. The van der Waals surface area contributed by atoms with Crippen molar-refractivity contribution in [1.29, 1.82) is 0 Å². The van der Waals surface area contributed by atoms with E-state index in [0.29, 0.717) is 28.7 Å². The summed E-state index contributed by atoms with van der Waals surface area (Å²) in [5.41, 5.74) is 1.44. The van der Waals surface area contributed by atoms with E-state index in [4.69, 9.17) is 15.9 Å². The van der Waals surface area contributed by atoms with E-state index in [9.17, 15) is 13.2 Å². The quantitative estimate of drug-likeness (QED) is 0.615. The second-order valence-corrected chi connectivity index (χ2v) is 9.91. The molecule has 8 nitrogen and oxygen atoms in total. The fraction of sp³-hybridized carbons (Fsp3) is 0.400. The third-order valence-electron chi connectivity index (χ3n) is 4.80. The summed E-state index contributed by atoms with van der Waals surface area (Å²) in [6, 6.07) is 5.17. The van der Waals surface area contributed by atoms with Gasteiger partial charge in [-0.2, -0.15) is 0 Å². The second kappa shape index (κ2) is 9.47. The van der Waals surface area contributed by atoms with Crippen LogP contribution in [0.2, 0.25) is 0 Å². The van der Waals surface area contributed by atoms with Crippen LogP contribution in [-0.2, 0) is 14.6 Å². The first kappa shape index (κ1) is 22.1. The number of aromatic nitrogens is 1. The van der Waals surface area contributed by atoms with Gasteiger partial charge in [-0.05, 0) is 18.6 Å².